The molecule has 0 aliphatic rings. The lowest BCUT2D eigenvalue weighted by Crippen LogP contribution is -2.31. The number of rotatable bonds is 9. The normalized spacial score (nSPS) is 10.9. The van der Waals surface area contributed by atoms with Crippen LogP contribution in [0.15, 0.2) is 47.6 Å². The SMILES string of the molecule is CCOc1cc(/C=N\NC(=S)NCc2ccccc2)cc(Cl)c1OCC(C)C. The van der Waals surface area contributed by atoms with E-state index in [1.807, 2.05) is 43.3 Å². The summed E-state index contributed by atoms with van der Waals surface area (Å²) in [5.41, 5.74) is 4.72. The Hall–Kier alpha value is -2.31. The van der Waals surface area contributed by atoms with Gasteiger partial charge in [0.25, 0.3) is 0 Å². The number of nitrogens with zero attached hydrogens (tertiary/aromatic N) is 1. The zero-order chi connectivity index (χ0) is 20.4. The predicted molar refractivity (Wildman–Crippen MR) is 120 cm³/mol. The van der Waals surface area contributed by atoms with E-state index in [4.69, 9.17) is 33.3 Å². The van der Waals surface area contributed by atoms with Crippen molar-refractivity contribution in [3.05, 3.63) is 58.6 Å². The first kappa shape index (κ1) is 22.0. The molecule has 2 aromatic carbocycles. The summed E-state index contributed by atoms with van der Waals surface area (Å²) in [5, 5.41) is 8.19. The van der Waals surface area contributed by atoms with Gasteiger partial charge in [-0.1, -0.05) is 55.8 Å². The lowest BCUT2D eigenvalue weighted by Gasteiger charge is -2.15. The minimum Gasteiger partial charge on any atom is -0.490 e. The van der Waals surface area contributed by atoms with Crippen molar-refractivity contribution in [3.63, 3.8) is 0 Å². The number of ether oxygens (including phenoxy) is 2. The molecule has 0 saturated carbocycles. The van der Waals surface area contributed by atoms with E-state index >= 15 is 0 Å². The number of thiocarbonyl (C=S) groups is 1. The summed E-state index contributed by atoms with van der Waals surface area (Å²) in [6, 6.07) is 13.6. The summed E-state index contributed by atoms with van der Waals surface area (Å²) in [6.07, 6.45) is 1.64. The third-order valence-electron chi connectivity index (χ3n) is 3.57. The predicted octanol–water partition coefficient (Wildman–Crippen LogP) is 4.77. The highest BCUT2D eigenvalue weighted by molar-refractivity contribution is 7.80. The van der Waals surface area contributed by atoms with Crippen molar-refractivity contribution < 1.29 is 9.47 Å². The van der Waals surface area contributed by atoms with E-state index in [1.165, 1.54) is 0 Å². The second-order valence-corrected chi connectivity index (χ2v) is 7.32. The molecule has 0 heterocycles. The van der Waals surface area contributed by atoms with E-state index in [-0.39, 0.29) is 0 Å². The van der Waals surface area contributed by atoms with Gasteiger partial charge in [-0.05, 0) is 48.3 Å². The molecule has 0 saturated heterocycles. The van der Waals surface area contributed by atoms with Crippen LogP contribution in [0.1, 0.15) is 31.9 Å². The van der Waals surface area contributed by atoms with Crippen LogP contribution < -0.4 is 20.2 Å². The van der Waals surface area contributed by atoms with Crippen LogP contribution in [0.25, 0.3) is 0 Å². The molecular weight excluding hydrogens is 394 g/mol. The molecule has 150 valence electrons. The number of benzene rings is 2. The van der Waals surface area contributed by atoms with Crippen LogP contribution in [-0.4, -0.2) is 24.5 Å². The van der Waals surface area contributed by atoms with E-state index < -0.39 is 0 Å². The Bertz CT molecular complexity index is 798. The van der Waals surface area contributed by atoms with Gasteiger partial charge in [-0.15, -0.1) is 0 Å². The fourth-order valence-electron chi connectivity index (χ4n) is 2.30. The lowest BCUT2D eigenvalue weighted by molar-refractivity contribution is 0.248. The minimum absolute atomic E-state index is 0.389. The van der Waals surface area contributed by atoms with Gasteiger partial charge in [-0.2, -0.15) is 5.10 Å². The maximum atomic E-state index is 6.39. The van der Waals surface area contributed by atoms with Crippen molar-refractivity contribution in [1.29, 1.82) is 0 Å². The fourth-order valence-corrected chi connectivity index (χ4v) is 2.70. The van der Waals surface area contributed by atoms with Gasteiger partial charge in [0.2, 0.25) is 0 Å². The summed E-state index contributed by atoms with van der Waals surface area (Å²) in [6.45, 7) is 7.78. The summed E-state index contributed by atoms with van der Waals surface area (Å²) >= 11 is 11.6. The molecule has 0 amide bonds. The van der Waals surface area contributed by atoms with E-state index in [9.17, 15) is 0 Å². The summed E-state index contributed by atoms with van der Waals surface area (Å²) in [4.78, 5) is 0. The van der Waals surface area contributed by atoms with Gasteiger partial charge in [-0.3, -0.25) is 5.43 Å². The molecule has 0 aliphatic heterocycles. The number of nitrogens with one attached hydrogen (secondary N) is 2. The summed E-state index contributed by atoms with van der Waals surface area (Å²) in [7, 11) is 0. The first-order chi connectivity index (χ1) is 13.5. The van der Waals surface area contributed by atoms with E-state index in [0.717, 1.165) is 11.1 Å². The molecule has 0 unspecified atom stereocenters. The lowest BCUT2D eigenvalue weighted by atomic mass is 10.2. The van der Waals surface area contributed by atoms with Crippen LogP contribution in [0.5, 0.6) is 11.5 Å². The maximum Gasteiger partial charge on any atom is 0.187 e. The van der Waals surface area contributed by atoms with Crippen molar-refractivity contribution in [2.75, 3.05) is 13.2 Å². The molecule has 7 heteroatoms. The molecule has 0 fully saturated rings. The Morgan fingerprint density at radius 2 is 1.96 bits per heavy atom. The number of halogens is 1. The van der Waals surface area contributed by atoms with Gasteiger partial charge < -0.3 is 14.8 Å². The van der Waals surface area contributed by atoms with E-state index in [0.29, 0.717) is 47.3 Å². The Morgan fingerprint density at radius 3 is 2.64 bits per heavy atom. The molecule has 2 rings (SSSR count). The Labute approximate surface area is 177 Å². The largest absolute Gasteiger partial charge is 0.490 e. The second-order valence-electron chi connectivity index (χ2n) is 6.51. The van der Waals surface area contributed by atoms with Crippen LogP contribution in [0, 0.1) is 5.92 Å². The Morgan fingerprint density at radius 1 is 1.21 bits per heavy atom. The standard InChI is InChI=1S/C21H26ClN3O2S/c1-4-26-19-11-17(10-18(22)20(19)27-14-15(2)3)13-24-25-21(28)23-12-16-8-6-5-7-9-16/h5-11,13,15H,4,12,14H2,1-3H3,(H2,23,25,28)/b24-13-. The van der Waals surface area contributed by atoms with Gasteiger partial charge in [0.15, 0.2) is 16.6 Å². The van der Waals surface area contributed by atoms with Gasteiger partial charge in [0.05, 0.1) is 24.5 Å². The van der Waals surface area contributed by atoms with Crippen LogP contribution in [-0.2, 0) is 6.54 Å². The first-order valence-electron chi connectivity index (χ1n) is 9.19. The molecule has 2 N–H and O–H groups in total. The summed E-state index contributed by atoms with van der Waals surface area (Å²) in [5.74, 6) is 1.55. The van der Waals surface area contributed by atoms with Crippen LogP contribution in [0.3, 0.4) is 0 Å². The van der Waals surface area contributed by atoms with Crippen LogP contribution in [0.4, 0.5) is 0 Å². The first-order valence-corrected chi connectivity index (χ1v) is 9.98. The van der Waals surface area contributed by atoms with Crippen molar-refractivity contribution >= 4 is 35.1 Å². The van der Waals surface area contributed by atoms with E-state index in [2.05, 4.69) is 29.7 Å². The maximum absolute atomic E-state index is 6.39. The average molecular weight is 420 g/mol. The topological polar surface area (TPSA) is 54.9 Å². The fraction of sp³-hybridized carbons (Fsp3) is 0.333. The van der Waals surface area contributed by atoms with Crippen molar-refractivity contribution in [2.24, 2.45) is 11.0 Å². The molecule has 0 aromatic heterocycles. The van der Waals surface area contributed by atoms with Crippen molar-refractivity contribution in [1.82, 2.24) is 10.7 Å². The molecular formula is C21H26ClN3O2S. The van der Waals surface area contributed by atoms with Crippen LogP contribution in [0.2, 0.25) is 5.02 Å². The average Bonchev–Trinajstić information content (AvgIpc) is 2.66. The minimum atomic E-state index is 0.389. The molecule has 0 radical (unpaired) electrons. The Balaban J connectivity index is 1.97. The second kappa shape index (κ2) is 11.5. The third-order valence-corrected chi connectivity index (χ3v) is 4.08. The van der Waals surface area contributed by atoms with Crippen molar-refractivity contribution in [3.8, 4) is 11.5 Å². The highest BCUT2D eigenvalue weighted by atomic mass is 35.5. The number of hydrogen-bond acceptors (Lipinski definition) is 4. The number of hydrazone groups is 1. The third kappa shape index (κ3) is 7.37. The zero-order valence-corrected chi connectivity index (χ0v) is 17.9. The molecule has 0 atom stereocenters. The summed E-state index contributed by atoms with van der Waals surface area (Å²) < 4.78 is 11.5. The molecule has 0 spiro atoms. The molecule has 5 nitrogen and oxygen atoms in total. The van der Waals surface area contributed by atoms with Gasteiger partial charge in [0, 0.05) is 6.54 Å². The quantitative estimate of drug-likeness (QED) is 0.348. The van der Waals surface area contributed by atoms with Gasteiger partial charge in [-0.25, -0.2) is 0 Å². The zero-order valence-electron chi connectivity index (χ0n) is 16.4. The molecule has 0 bridgehead atoms. The van der Waals surface area contributed by atoms with Crippen molar-refractivity contribution in [2.45, 2.75) is 27.3 Å². The Kier molecular flexibility index (Phi) is 9.04. The molecule has 28 heavy (non-hydrogen) atoms. The van der Waals surface area contributed by atoms with Gasteiger partial charge >= 0.3 is 0 Å². The number of hydrogen-bond donors (Lipinski definition) is 2. The van der Waals surface area contributed by atoms with E-state index in [1.54, 1.807) is 12.3 Å². The highest BCUT2D eigenvalue weighted by Crippen LogP contribution is 2.36. The smallest absolute Gasteiger partial charge is 0.187 e. The molecule has 0 aliphatic carbocycles. The van der Waals surface area contributed by atoms with Gasteiger partial charge in [0.1, 0.15) is 0 Å². The van der Waals surface area contributed by atoms with Crippen LogP contribution >= 0.6 is 23.8 Å². The monoisotopic (exact) mass is 419 g/mol. The molecule has 2 aromatic rings. The highest BCUT2D eigenvalue weighted by Gasteiger charge is 2.13.